The lowest BCUT2D eigenvalue weighted by Crippen LogP contribution is -2.18. The van der Waals surface area contributed by atoms with Gasteiger partial charge in [0, 0.05) is 6.20 Å². The molecule has 0 saturated heterocycles. The molecule has 0 aliphatic heterocycles. The van der Waals surface area contributed by atoms with Gasteiger partial charge in [-0.3, -0.25) is 9.40 Å². The molecule has 9 heteroatoms. The van der Waals surface area contributed by atoms with Gasteiger partial charge in [0.15, 0.2) is 5.82 Å². The van der Waals surface area contributed by atoms with Gasteiger partial charge < -0.3 is 0 Å². The van der Waals surface area contributed by atoms with Crippen LogP contribution in [-0.4, -0.2) is 18.2 Å². The molecule has 0 aliphatic rings. The molecular formula is C21H22Cl3N3O2S. The predicted molar refractivity (Wildman–Crippen MR) is 124 cm³/mol. The van der Waals surface area contributed by atoms with E-state index in [2.05, 4.69) is 9.82 Å². The van der Waals surface area contributed by atoms with Crippen LogP contribution < -0.4 is 4.72 Å². The Labute approximate surface area is 192 Å². The fourth-order valence-electron chi connectivity index (χ4n) is 3.42. The smallest absolute Gasteiger partial charge is 0.263 e. The molecule has 0 aliphatic carbocycles. The molecule has 0 bridgehead atoms. The van der Waals surface area contributed by atoms with E-state index >= 15 is 0 Å². The molecule has 160 valence electrons. The number of halogens is 3. The summed E-state index contributed by atoms with van der Waals surface area (Å²) in [6, 6.07) is 5.24. The molecule has 0 spiro atoms. The number of hydrogen-bond donors (Lipinski definition) is 1. The first-order valence-electron chi connectivity index (χ1n) is 9.19. The maximum Gasteiger partial charge on any atom is 0.263 e. The van der Waals surface area contributed by atoms with Crippen LogP contribution in [0, 0.1) is 34.6 Å². The Hall–Kier alpha value is -1.73. The summed E-state index contributed by atoms with van der Waals surface area (Å²) in [6.45, 7) is 9.83. The third-order valence-corrected chi connectivity index (χ3v) is 8.10. The van der Waals surface area contributed by atoms with Crippen LogP contribution >= 0.6 is 34.8 Å². The molecule has 0 saturated carbocycles. The highest BCUT2D eigenvalue weighted by molar-refractivity contribution is 7.92. The summed E-state index contributed by atoms with van der Waals surface area (Å²) in [4.78, 5) is 0.262. The Balaban J connectivity index is 1.94. The van der Waals surface area contributed by atoms with Gasteiger partial charge in [-0.05, 0) is 80.1 Å². The average Bonchev–Trinajstić information content (AvgIpc) is 2.99. The van der Waals surface area contributed by atoms with Crippen molar-refractivity contribution in [3.8, 4) is 0 Å². The van der Waals surface area contributed by atoms with Crippen molar-refractivity contribution in [2.45, 2.75) is 46.1 Å². The summed E-state index contributed by atoms with van der Waals surface area (Å²) in [5.74, 6) is 0.0754. The van der Waals surface area contributed by atoms with Gasteiger partial charge in [0.25, 0.3) is 10.0 Å². The van der Waals surface area contributed by atoms with E-state index in [4.69, 9.17) is 34.8 Å². The SMILES string of the molecule is Cc1c(C)c(C)c(S(=O)(=O)Nc2nn(Cc3ccc(Cl)c(Cl)c3)cc2Cl)c(C)c1C. The van der Waals surface area contributed by atoms with E-state index in [1.54, 1.807) is 23.0 Å². The second-order valence-corrected chi connectivity index (χ2v) is 10.2. The van der Waals surface area contributed by atoms with Crippen LogP contribution in [-0.2, 0) is 16.6 Å². The Kier molecular flexibility index (Phi) is 6.44. The lowest BCUT2D eigenvalue weighted by Gasteiger charge is -2.18. The van der Waals surface area contributed by atoms with Crippen LogP contribution in [0.25, 0.3) is 0 Å². The summed E-state index contributed by atoms with van der Waals surface area (Å²) >= 11 is 18.3. The van der Waals surface area contributed by atoms with Gasteiger partial charge in [-0.1, -0.05) is 40.9 Å². The van der Waals surface area contributed by atoms with Gasteiger partial charge in [0.1, 0.15) is 5.02 Å². The standard InChI is InChI=1S/C21H22Cl3N3O2S/c1-11-12(2)14(4)20(15(5)13(11)3)30(28,29)26-21-19(24)10-27(25-21)9-16-6-7-17(22)18(23)8-16/h6-8,10H,9H2,1-5H3,(H,25,26). The number of nitrogens with one attached hydrogen (secondary N) is 1. The monoisotopic (exact) mass is 485 g/mol. The molecule has 0 fully saturated rings. The highest BCUT2D eigenvalue weighted by Crippen LogP contribution is 2.32. The number of benzene rings is 2. The molecule has 1 heterocycles. The second kappa shape index (κ2) is 8.42. The average molecular weight is 487 g/mol. The van der Waals surface area contributed by atoms with Crippen molar-refractivity contribution in [2.24, 2.45) is 0 Å². The van der Waals surface area contributed by atoms with Crippen LogP contribution in [0.5, 0.6) is 0 Å². The van der Waals surface area contributed by atoms with Crippen molar-refractivity contribution < 1.29 is 8.42 Å². The second-order valence-electron chi connectivity index (χ2n) is 7.33. The Morgan fingerprint density at radius 1 is 0.867 bits per heavy atom. The Morgan fingerprint density at radius 3 is 2.00 bits per heavy atom. The van der Waals surface area contributed by atoms with Crippen molar-refractivity contribution in [1.29, 1.82) is 0 Å². The van der Waals surface area contributed by atoms with Crippen LogP contribution in [0.4, 0.5) is 5.82 Å². The van der Waals surface area contributed by atoms with Gasteiger partial charge in [-0.15, -0.1) is 0 Å². The molecule has 0 radical (unpaired) electrons. The highest BCUT2D eigenvalue weighted by atomic mass is 35.5. The van der Waals surface area contributed by atoms with Crippen molar-refractivity contribution in [3.63, 3.8) is 0 Å². The normalized spacial score (nSPS) is 11.7. The van der Waals surface area contributed by atoms with Gasteiger partial charge in [0.05, 0.1) is 21.5 Å². The number of nitrogens with zero attached hydrogens (tertiary/aromatic N) is 2. The van der Waals surface area contributed by atoms with Crippen LogP contribution in [0.3, 0.4) is 0 Å². The van der Waals surface area contributed by atoms with E-state index in [0.717, 1.165) is 33.4 Å². The Morgan fingerprint density at radius 2 is 1.43 bits per heavy atom. The molecule has 30 heavy (non-hydrogen) atoms. The lowest BCUT2D eigenvalue weighted by atomic mass is 9.95. The molecule has 5 nitrogen and oxygen atoms in total. The summed E-state index contributed by atoms with van der Waals surface area (Å²) in [5.41, 5.74) is 5.29. The van der Waals surface area contributed by atoms with Crippen molar-refractivity contribution in [1.82, 2.24) is 9.78 Å². The third-order valence-electron chi connectivity index (χ3n) is 5.48. The van der Waals surface area contributed by atoms with E-state index in [-0.39, 0.29) is 15.7 Å². The number of aromatic nitrogens is 2. The number of hydrogen-bond acceptors (Lipinski definition) is 3. The molecular weight excluding hydrogens is 465 g/mol. The zero-order valence-corrected chi connectivity index (χ0v) is 20.4. The van der Waals surface area contributed by atoms with E-state index < -0.39 is 10.0 Å². The number of anilines is 1. The summed E-state index contributed by atoms with van der Waals surface area (Å²) in [6.07, 6.45) is 1.56. The highest BCUT2D eigenvalue weighted by Gasteiger charge is 2.25. The maximum atomic E-state index is 13.2. The number of rotatable bonds is 5. The Bertz CT molecular complexity index is 1220. The predicted octanol–water partition coefficient (Wildman–Crippen LogP) is 6.23. The maximum absolute atomic E-state index is 13.2. The summed E-state index contributed by atoms with van der Waals surface area (Å²) < 4.78 is 30.5. The quantitative estimate of drug-likeness (QED) is 0.464. The molecule has 0 amide bonds. The minimum Gasteiger partial charge on any atom is -0.265 e. The molecule has 3 rings (SSSR count). The van der Waals surface area contributed by atoms with E-state index in [0.29, 0.717) is 16.6 Å². The molecule has 0 atom stereocenters. The first kappa shape index (κ1) is 22.9. The topological polar surface area (TPSA) is 64.0 Å². The largest absolute Gasteiger partial charge is 0.265 e. The van der Waals surface area contributed by atoms with Gasteiger partial charge >= 0.3 is 0 Å². The van der Waals surface area contributed by atoms with E-state index in [1.165, 1.54) is 0 Å². The van der Waals surface area contributed by atoms with Gasteiger partial charge in [0.2, 0.25) is 0 Å². The van der Waals surface area contributed by atoms with E-state index in [9.17, 15) is 8.42 Å². The van der Waals surface area contributed by atoms with E-state index in [1.807, 2.05) is 40.7 Å². The van der Waals surface area contributed by atoms with Crippen molar-refractivity contribution in [3.05, 3.63) is 72.8 Å². The minimum atomic E-state index is -3.88. The van der Waals surface area contributed by atoms with Crippen LogP contribution in [0.2, 0.25) is 15.1 Å². The zero-order chi connectivity index (χ0) is 22.4. The summed E-state index contributed by atoms with van der Waals surface area (Å²) in [5, 5.41) is 5.41. The first-order valence-corrected chi connectivity index (χ1v) is 11.8. The molecule has 2 aromatic carbocycles. The summed E-state index contributed by atoms with van der Waals surface area (Å²) in [7, 11) is -3.88. The fraction of sp³-hybridized carbons (Fsp3) is 0.286. The van der Waals surface area contributed by atoms with Crippen LogP contribution in [0.1, 0.15) is 33.4 Å². The molecule has 0 unspecified atom stereocenters. The van der Waals surface area contributed by atoms with Crippen molar-refractivity contribution in [2.75, 3.05) is 4.72 Å². The molecule has 3 aromatic rings. The molecule has 1 aromatic heterocycles. The van der Waals surface area contributed by atoms with Gasteiger partial charge in [-0.25, -0.2) is 8.42 Å². The first-order chi connectivity index (χ1) is 13.9. The molecule has 1 N–H and O–H groups in total. The van der Waals surface area contributed by atoms with Crippen molar-refractivity contribution >= 4 is 50.6 Å². The minimum absolute atomic E-state index is 0.0754. The third kappa shape index (κ3) is 4.33. The van der Waals surface area contributed by atoms with Crippen LogP contribution in [0.15, 0.2) is 29.3 Å². The zero-order valence-electron chi connectivity index (χ0n) is 17.3. The van der Waals surface area contributed by atoms with Gasteiger partial charge in [-0.2, -0.15) is 5.10 Å². The lowest BCUT2D eigenvalue weighted by molar-refractivity contribution is 0.599. The fourth-order valence-corrected chi connectivity index (χ4v) is 5.61. The number of sulfonamides is 1.